The summed E-state index contributed by atoms with van der Waals surface area (Å²) in [5.41, 5.74) is 1.87. The Labute approximate surface area is 279 Å². The van der Waals surface area contributed by atoms with Crippen molar-refractivity contribution in [3.63, 3.8) is 0 Å². The van der Waals surface area contributed by atoms with E-state index in [0.29, 0.717) is 48.5 Å². The summed E-state index contributed by atoms with van der Waals surface area (Å²) in [7, 11) is -1.45. The van der Waals surface area contributed by atoms with Gasteiger partial charge in [-0.05, 0) is 77.5 Å². The Balaban J connectivity index is 1.13. The second-order valence-electron chi connectivity index (χ2n) is 13.4. The van der Waals surface area contributed by atoms with E-state index >= 15 is 0 Å². The third kappa shape index (κ3) is 7.27. The molecule has 0 spiro atoms. The maximum Gasteiger partial charge on any atom is 0.256 e. The summed E-state index contributed by atoms with van der Waals surface area (Å²) in [6.07, 6.45) is 13.4. The fourth-order valence-corrected chi connectivity index (χ4v) is 7.63. The third-order valence-corrected chi connectivity index (χ3v) is 11.4. The first-order chi connectivity index (χ1) is 23.0. The quantitative estimate of drug-likeness (QED) is 0.214. The van der Waals surface area contributed by atoms with E-state index in [1.807, 2.05) is 19.1 Å². The Morgan fingerprint density at radius 1 is 1.00 bits per heavy atom. The molecule has 3 aliphatic rings. The van der Waals surface area contributed by atoms with E-state index in [9.17, 15) is 17.9 Å². The summed E-state index contributed by atoms with van der Waals surface area (Å²) >= 11 is 0. The van der Waals surface area contributed by atoms with Crippen LogP contribution in [-0.4, -0.2) is 90.7 Å². The largest absolute Gasteiger partial charge is 0.489 e. The Morgan fingerprint density at radius 3 is 2.48 bits per heavy atom. The van der Waals surface area contributed by atoms with Gasteiger partial charge in [0.15, 0.2) is 17.5 Å². The zero-order valence-corrected chi connectivity index (χ0v) is 27.8. The number of rotatable bonds is 10. The number of ether oxygens (including phenoxy) is 1. The second kappa shape index (κ2) is 13.0. The fraction of sp³-hybridized carbons (Fsp3) is 0.485. The molecule has 2 saturated carbocycles. The number of nitrogens with zero attached hydrogens (tertiary/aromatic N) is 7. The predicted octanol–water partition coefficient (Wildman–Crippen LogP) is 4.60. The smallest absolute Gasteiger partial charge is 0.256 e. The predicted molar refractivity (Wildman–Crippen MR) is 179 cm³/mol. The summed E-state index contributed by atoms with van der Waals surface area (Å²) in [6, 6.07) is 5.72. The van der Waals surface area contributed by atoms with Crippen LogP contribution in [0.4, 0.5) is 21.7 Å². The second-order valence-corrected chi connectivity index (χ2v) is 15.5. The molecule has 4 aromatic heterocycles. The van der Waals surface area contributed by atoms with Crippen LogP contribution in [0.1, 0.15) is 58.3 Å². The van der Waals surface area contributed by atoms with Crippen LogP contribution < -0.4 is 15.4 Å². The number of pyridine rings is 2. The molecule has 3 fully saturated rings. The molecule has 13 nitrogen and oxygen atoms in total. The molecular formula is C33H40FN9O4S. The Hall–Kier alpha value is -4.21. The minimum Gasteiger partial charge on any atom is -0.489 e. The Kier molecular flexibility index (Phi) is 8.77. The first-order valence-corrected chi connectivity index (χ1v) is 17.9. The molecule has 1 saturated heterocycles. The topological polar surface area (TPSA) is 160 Å². The number of hydrogen-bond acceptors (Lipinski definition) is 12. The number of anilines is 3. The molecule has 7 rings (SSSR count). The number of likely N-dealkylation sites (tertiary alicyclic amines) is 1. The molecule has 5 heterocycles. The molecule has 0 unspecified atom stereocenters. The van der Waals surface area contributed by atoms with Gasteiger partial charge in [-0.15, -0.1) is 0 Å². The molecule has 15 heteroatoms. The summed E-state index contributed by atoms with van der Waals surface area (Å²) in [5, 5.41) is 20.7. The van der Waals surface area contributed by atoms with Crippen LogP contribution in [0.3, 0.4) is 0 Å². The first kappa shape index (κ1) is 32.3. The first-order valence-electron chi connectivity index (χ1n) is 16.4. The van der Waals surface area contributed by atoms with Gasteiger partial charge in [-0.3, -0.25) is 4.98 Å². The van der Waals surface area contributed by atoms with Crippen molar-refractivity contribution in [3.05, 3.63) is 55.0 Å². The van der Waals surface area contributed by atoms with Crippen LogP contribution in [0.25, 0.3) is 22.6 Å². The van der Waals surface area contributed by atoms with Crippen molar-refractivity contribution >= 4 is 27.3 Å². The molecule has 48 heavy (non-hydrogen) atoms. The zero-order valence-electron chi connectivity index (χ0n) is 27.0. The fourth-order valence-electron chi connectivity index (χ4n) is 6.15. The van der Waals surface area contributed by atoms with E-state index < -0.39 is 26.7 Å². The van der Waals surface area contributed by atoms with Crippen molar-refractivity contribution in [1.29, 1.82) is 0 Å². The van der Waals surface area contributed by atoms with Crippen LogP contribution in [0, 0.1) is 5.82 Å². The molecular weight excluding hydrogens is 637 g/mol. The SMILES string of the molecule is CN1CCC(Oc2ccc(-c3cnc(Nc4nc(-c5cnn(S(=O)(=O)C6CC6)c5)ncc4F)cc3NC3CCC(C)(O)CC3)nc2)CC1. The summed E-state index contributed by atoms with van der Waals surface area (Å²) in [5.74, 6) is 0.350. The molecule has 0 atom stereocenters. The minimum atomic E-state index is -3.57. The molecule has 3 N–H and O–H groups in total. The van der Waals surface area contributed by atoms with Gasteiger partial charge < -0.3 is 25.4 Å². The zero-order chi connectivity index (χ0) is 33.5. The van der Waals surface area contributed by atoms with Gasteiger partial charge in [0.2, 0.25) is 0 Å². The van der Waals surface area contributed by atoms with E-state index in [2.05, 4.69) is 42.6 Å². The van der Waals surface area contributed by atoms with Gasteiger partial charge in [0.05, 0.1) is 46.9 Å². The average molecular weight is 678 g/mol. The van der Waals surface area contributed by atoms with Crippen LogP contribution >= 0.6 is 0 Å². The van der Waals surface area contributed by atoms with Gasteiger partial charge in [-0.25, -0.2) is 27.8 Å². The van der Waals surface area contributed by atoms with Crippen molar-refractivity contribution in [3.8, 4) is 28.4 Å². The number of hydrogen-bond donors (Lipinski definition) is 3. The lowest BCUT2D eigenvalue weighted by Crippen LogP contribution is -2.35. The van der Waals surface area contributed by atoms with Crippen molar-refractivity contribution in [2.45, 2.75) is 81.3 Å². The van der Waals surface area contributed by atoms with E-state index in [0.717, 1.165) is 60.3 Å². The van der Waals surface area contributed by atoms with E-state index in [4.69, 9.17) is 9.72 Å². The normalized spacial score (nSPS) is 22.4. The van der Waals surface area contributed by atoms with Crippen LogP contribution in [0.2, 0.25) is 0 Å². The highest BCUT2D eigenvalue weighted by Crippen LogP contribution is 2.35. The minimum absolute atomic E-state index is 0.108. The summed E-state index contributed by atoms with van der Waals surface area (Å²) < 4.78 is 47.3. The van der Waals surface area contributed by atoms with E-state index in [1.54, 1.807) is 18.5 Å². The molecule has 0 aromatic carbocycles. The van der Waals surface area contributed by atoms with Crippen LogP contribution in [-0.2, 0) is 10.0 Å². The monoisotopic (exact) mass is 677 g/mol. The Morgan fingerprint density at radius 2 is 1.77 bits per heavy atom. The van der Waals surface area contributed by atoms with Crippen molar-refractivity contribution in [1.82, 2.24) is 34.0 Å². The van der Waals surface area contributed by atoms with Crippen LogP contribution in [0.5, 0.6) is 5.75 Å². The van der Waals surface area contributed by atoms with E-state index in [-0.39, 0.29) is 23.8 Å². The summed E-state index contributed by atoms with van der Waals surface area (Å²) in [4.78, 5) is 20.0. The molecule has 254 valence electrons. The number of piperidine rings is 1. The van der Waals surface area contributed by atoms with Crippen LogP contribution in [0.15, 0.2) is 49.2 Å². The molecule has 1 aliphatic heterocycles. The van der Waals surface area contributed by atoms with Crippen molar-refractivity contribution in [2.24, 2.45) is 0 Å². The summed E-state index contributed by atoms with van der Waals surface area (Å²) in [6.45, 7) is 3.87. The number of nitrogens with one attached hydrogen (secondary N) is 2. The highest BCUT2D eigenvalue weighted by Gasteiger charge is 2.38. The lowest BCUT2D eigenvalue weighted by molar-refractivity contribution is 0.0196. The molecule has 0 amide bonds. The van der Waals surface area contributed by atoms with Gasteiger partial charge in [-0.1, -0.05) is 0 Å². The van der Waals surface area contributed by atoms with Gasteiger partial charge >= 0.3 is 0 Å². The molecule has 0 bridgehead atoms. The van der Waals surface area contributed by atoms with Crippen molar-refractivity contribution in [2.75, 3.05) is 30.8 Å². The van der Waals surface area contributed by atoms with E-state index in [1.165, 1.54) is 12.4 Å². The van der Waals surface area contributed by atoms with Crippen molar-refractivity contribution < 1.29 is 22.7 Å². The third-order valence-electron chi connectivity index (χ3n) is 9.32. The average Bonchev–Trinajstić information content (AvgIpc) is 3.82. The highest BCUT2D eigenvalue weighted by atomic mass is 32.2. The standard InChI is InChI=1S/C33H40FN9O4S/c1-33(44)11-7-22(8-12-33)39-29-15-30(36-18-26(29)28-6-3-24(17-35-28)47-23-9-13-42(2)14-10-23)40-32-27(34)19-37-31(41-32)21-16-38-43(20-21)48(45,46)25-4-5-25/h3,6,15-20,22-23,25,44H,4-5,7-14H2,1-2H3,(H2,36,37,39,40,41). The van der Waals surface area contributed by atoms with Gasteiger partial charge in [0.1, 0.15) is 17.7 Å². The lowest BCUT2D eigenvalue weighted by Gasteiger charge is -2.34. The lowest BCUT2D eigenvalue weighted by atomic mass is 9.83. The number of aliphatic hydroxyl groups is 1. The van der Waals surface area contributed by atoms with Gasteiger partial charge in [0, 0.05) is 42.6 Å². The molecule has 0 radical (unpaired) electrons. The Bertz CT molecular complexity index is 1860. The van der Waals surface area contributed by atoms with Gasteiger partial charge in [0.25, 0.3) is 10.0 Å². The molecule has 2 aliphatic carbocycles. The highest BCUT2D eigenvalue weighted by molar-refractivity contribution is 7.90. The number of halogens is 1. The molecule has 4 aromatic rings. The maximum atomic E-state index is 15.0. The number of aromatic nitrogens is 6. The maximum absolute atomic E-state index is 15.0. The van der Waals surface area contributed by atoms with Gasteiger partial charge in [-0.2, -0.15) is 9.19 Å².